The minimum atomic E-state index is -0.435. The summed E-state index contributed by atoms with van der Waals surface area (Å²) in [4.78, 5) is 23.5. The van der Waals surface area contributed by atoms with Crippen LogP contribution in [0.15, 0.2) is 42.5 Å². The standard InChI is InChI=1S/C20H23ClN2O4/c1-14-10-15(2)12-16(11-14)27-13-20(25)23-22-19(24)8-5-9-26-18-7-4-3-6-17(18)21/h3-4,6-7,10-12H,5,8-9,13H2,1-2H3,(H,22,24)(H,23,25). The Morgan fingerprint density at radius 2 is 1.63 bits per heavy atom. The molecule has 0 aromatic heterocycles. The summed E-state index contributed by atoms with van der Waals surface area (Å²) in [5.41, 5.74) is 6.78. The Labute approximate surface area is 163 Å². The normalized spacial score (nSPS) is 10.2. The molecule has 0 saturated heterocycles. The second kappa shape index (κ2) is 10.4. The lowest BCUT2D eigenvalue weighted by atomic mass is 10.1. The van der Waals surface area contributed by atoms with E-state index in [2.05, 4.69) is 10.9 Å². The van der Waals surface area contributed by atoms with Crippen molar-refractivity contribution in [2.24, 2.45) is 0 Å². The smallest absolute Gasteiger partial charge is 0.276 e. The Morgan fingerprint density at radius 3 is 2.33 bits per heavy atom. The van der Waals surface area contributed by atoms with Crippen molar-refractivity contribution < 1.29 is 19.1 Å². The van der Waals surface area contributed by atoms with Crippen molar-refractivity contribution in [2.45, 2.75) is 26.7 Å². The summed E-state index contributed by atoms with van der Waals surface area (Å²) in [7, 11) is 0. The van der Waals surface area contributed by atoms with Crippen LogP contribution in [-0.4, -0.2) is 25.0 Å². The number of hydrogen-bond acceptors (Lipinski definition) is 4. The fourth-order valence-electron chi connectivity index (χ4n) is 2.38. The molecule has 0 saturated carbocycles. The molecule has 0 aliphatic carbocycles. The van der Waals surface area contributed by atoms with Crippen LogP contribution in [0.25, 0.3) is 0 Å². The van der Waals surface area contributed by atoms with Gasteiger partial charge in [0.2, 0.25) is 5.91 Å². The van der Waals surface area contributed by atoms with Crippen molar-refractivity contribution in [3.63, 3.8) is 0 Å². The third-order valence-corrected chi connectivity index (χ3v) is 3.86. The summed E-state index contributed by atoms with van der Waals surface area (Å²) in [6.45, 7) is 4.07. The molecule has 0 spiro atoms. The van der Waals surface area contributed by atoms with Gasteiger partial charge in [0.15, 0.2) is 6.61 Å². The summed E-state index contributed by atoms with van der Waals surface area (Å²) in [6.07, 6.45) is 0.703. The summed E-state index contributed by atoms with van der Waals surface area (Å²) in [6, 6.07) is 12.8. The van der Waals surface area contributed by atoms with E-state index >= 15 is 0 Å². The second-order valence-electron chi connectivity index (χ2n) is 6.09. The maximum atomic E-state index is 11.8. The first-order valence-electron chi connectivity index (χ1n) is 8.60. The predicted octanol–water partition coefficient (Wildman–Crippen LogP) is 3.34. The van der Waals surface area contributed by atoms with Crippen molar-refractivity contribution in [2.75, 3.05) is 13.2 Å². The molecule has 0 unspecified atom stereocenters. The highest BCUT2D eigenvalue weighted by atomic mass is 35.5. The van der Waals surface area contributed by atoms with Crippen molar-refractivity contribution >= 4 is 23.4 Å². The van der Waals surface area contributed by atoms with E-state index in [1.807, 2.05) is 44.2 Å². The molecule has 2 amide bonds. The first-order valence-corrected chi connectivity index (χ1v) is 8.98. The number of amides is 2. The number of aryl methyl sites for hydroxylation is 2. The van der Waals surface area contributed by atoms with E-state index in [0.717, 1.165) is 11.1 Å². The maximum Gasteiger partial charge on any atom is 0.276 e. The highest BCUT2D eigenvalue weighted by Gasteiger charge is 2.07. The van der Waals surface area contributed by atoms with E-state index in [0.29, 0.717) is 29.5 Å². The first-order chi connectivity index (χ1) is 12.9. The minimum Gasteiger partial charge on any atom is -0.492 e. The Bertz CT molecular complexity index is 775. The van der Waals surface area contributed by atoms with Gasteiger partial charge in [-0.1, -0.05) is 29.8 Å². The Morgan fingerprint density at radius 1 is 0.963 bits per heavy atom. The van der Waals surface area contributed by atoms with Crippen LogP contribution >= 0.6 is 11.6 Å². The second-order valence-corrected chi connectivity index (χ2v) is 6.50. The minimum absolute atomic E-state index is 0.182. The SMILES string of the molecule is Cc1cc(C)cc(OCC(=O)NNC(=O)CCCOc2ccccc2Cl)c1. The lowest BCUT2D eigenvalue weighted by Gasteiger charge is -2.10. The Balaban J connectivity index is 1.60. The van der Waals surface area contributed by atoms with Crippen molar-refractivity contribution in [1.29, 1.82) is 0 Å². The maximum absolute atomic E-state index is 11.8. The molecule has 144 valence electrons. The first kappa shape index (κ1) is 20.6. The van der Waals surface area contributed by atoms with Gasteiger partial charge < -0.3 is 9.47 Å². The Hall–Kier alpha value is -2.73. The number of carbonyl (C=O) groups excluding carboxylic acids is 2. The van der Waals surface area contributed by atoms with E-state index in [-0.39, 0.29) is 18.9 Å². The van der Waals surface area contributed by atoms with Gasteiger partial charge in [0.05, 0.1) is 11.6 Å². The average molecular weight is 391 g/mol. The van der Waals surface area contributed by atoms with Crippen molar-refractivity contribution in [3.8, 4) is 11.5 Å². The summed E-state index contributed by atoms with van der Waals surface area (Å²) < 4.78 is 10.9. The number of para-hydroxylation sites is 1. The van der Waals surface area contributed by atoms with Gasteiger partial charge in [-0.2, -0.15) is 0 Å². The highest BCUT2D eigenvalue weighted by Crippen LogP contribution is 2.23. The molecule has 7 heteroatoms. The number of carbonyl (C=O) groups is 2. The summed E-state index contributed by atoms with van der Waals surface area (Å²) >= 11 is 5.98. The molecule has 6 nitrogen and oxygen atoms in total. The van der Waals surface area contributed by atoms with Crippen LogP contribution in [0.1, 0.15) is 24.0 Å². The fraction of sp³-hybridized carbons (Fsp3) is 0.300. The number of halogens is 1. The molecular weight excluding hydrogens is 368 g/mol. The van der Waals surface area contributed by atoms with Gasteiger partial charge in [-0.3, -0.25) is 20.4 Å². The molecule has 2 N–H and O–H groups in total. The molecule has 27 heavy (non-hydrogen) atoms. The number of hydrazine groups is 1. The van der Waals surface area contributed by atoms with Gasteiger partial charge in [-0.05, 0) is 55.7 Å². The lowest BCUT2D eigenvalue weighted by Crippen LogP contribution is -2.43. The van der Waals surface area contributed by atoms with Crippen molar-refractivity contribution in [1.82, 2.24) is 10.9 Å². The molecule has 0 heterocycles. The van der Waals surface area contributed by atoms with E-state index in [1.165, 1.54) is 0 Å². The fourth-order valence-corrected chi connectivity index (χ4v) is 2.57. The van der Waals surface area contributed by atoms with Gasteiger partial charge in [0.1, 0.15) is 11.5 Å². The van der Waals surface area contributed by atoms with Crippen LogP contribution in [-0.2, 0) is 9.59 Å². The predicted molar refractivity (Wildman–Crippen MR) is 104 cm³/mol. The van der Waals surface area contributed by atoms with Crippen LogP contribution in [0, 0.1) is 13.8 Å². The van der Waals surface area contributed by atoms with Crippen molar-refractivity contribution in [3.05, 3.63) is 58.6 Å². The quantitative estimate of drug-likeness (QED) is 0.535. The van der Waals surface area contributed by atoms with E-state index in [9.17, 15) is 9.59 Å². The van der Waals surface area contributed by atoms with E-state index in [1.54, 1.807) is 12.1 Å². The van der Waals surface area contributed by atoms with Crippen LogP contribution in [0.2, 0.25) is 5.02 Å². The molecule has 0 fully saturated rings. The molecular formula is C20H23ClN2O4. The van der Waals surface area contributed by atoms with Gasteiger partial charge in [-0.15, -0.1) is 0 Å². The van der Waals surface area contributed by atoms with Crippen LogP contribution in [0.4, 0.5) is 0 Å². The van der Waals surface area contributed by atoms with Crippen LogP contribution < -0.4 is 20.3 Å². The molecule has 2 aromatic carbocycles. The zero-order chi connectivity index (χ0) is 19.6. The van der Waals surface area contributed by atoms with Crippen LogP contribution in [0.3, 0.4) is 0 Å². The highest BCUT2D eigenvalue weighted by molar-refractivity contribution is 6.32. The largest absolute Gasteiger partial charge is 0.492 e. The monoisotopic (exact) mass is 390 g/mol. The molecule has 0 radical (unpaired) electrons. The van der Waals surface area contributed by atoms with Gasteiger partial charge in [0.25, 0.3) is 5.91 Å². The van der Waals surface area contributed by atoms with Crippen LogP contribution in [0.5, 0.6) is 11.5 Å². The van der Waals surface area contributed by atoms with Gasteiger partial charge in [-0.25, -0.2) is 0 Å². The average Bonchev–Trinajstić information content (AvgIpc) is 2.62. The molecule has 0 aliphatic heterocycles. The number of ether oxygens (including phenoxy) is 2. The molecule has 0 aliphatic rings. The number of nitrogens with one attached hydrogen (secondary N) is 2. The molecule has 0 atom stereocenters. The zero-order valence-electron chi connectivity index (χ0n) is 15.4. The number of benzene rings is 2. The van der Waals surface area contributed by atoms with Gasteiger partial charge >= 0.3 is 0 Å². The third kappa shape index (κ3) is 7.58. The number of rotatable bonds is 8. The van der Waals surface area contributed by atoms with E-state index < -0.39 is 5.91 Å². The third-order valence-electron chi connectivity index (χ3n) is 3.55. The zero-order valence-corrected chi connectivity index (χ0v) is 16.1. The topological polar surface area (TPSA) is 76.7 Å². The number of hydrogen-bond donors (Lipinski definition) is 2. The summed E-state index contributed by atoms with van der Waals surface area (Å²) in [5, 5.41) is 0.526. The van der Waals surface area contributed by atoms with E-state index in [4.69, 9.17) is 21.1 Å². The lowest BCUT2D eigenvalue weighted by molar-refractivity contribution is -0.130. The molecule has 0 bridgehead atoms. The summed E-state index contributed by atoms with van der Waals surface area (Å²) in [5.74, 6) is 0.453. The molecule has 2 aromatic rings. The molecule has 2 rings (SSSR count). The Kier molecular flexibility index (Phi) is 7.95. The van der Waals surface area contributed by atoms with Gasteiger partial charge in [0, 0.05) is 6.42 Å².